The Morgan fingerprint density at radius 1 is 1.50 bits per heavy atom. The van der Waals surface area contributed by atoms with Gasteiger partial charge in [0.15, 0.2) is 0 Å². The van der Waals surface area contributed by atoms with Gasteiger partial charge in [-0.05, 0) is 6.72 Å². The average molecular weight is 168 g/mol. The van der Waals surface area contributed by atoms with E-state index in [1.807, 2.05) is 20.8 Å². The Bertz CT molecular complexity index is 201. The molecule has 0 heterocycles. The minimum Gasteiger partial charge on any atom is -0.320 e. The van der Waals surface area contributed by atoms with Crippen LogP contribution in [0.1, 0.15) is 20.8 Å². The minimum atomic E-state index is -0.347. The lowest BCUT2D eigenvalue weighted by molar-refractivity contribution is -0.135. The van der Waals surface area contributed by atoms with E-state index in [0.29, 0.717) is 0 Å². The summed E-state index contributed by atoms with van der Waals surface area (Å²) >= 11 is 0. The van der Waals surface area contributed by atoms with E-state index >= 15 is 0 Å². The van der Waals surface area contributed by atoms with Crippen LogP contribution in [0.5, 0.6) is 0 Å². The second-order valence-corrected chi connectivity index (χ2v) is 3.65. The van der Waals surface area contributed by atoms with Crippen LogP contribution in [0.2, 0.25) is 0 Å². The lowest BCUT2D eigenvalue weighted by Gasteiger charge is -2.22. The molecule has 3 heteroatoms. The van der Waals surface area contributed by atoms with Crippen LogP contribution >= 0.6 is 0 Å². The van der Waals surface area contributed by atoms with E-state index < -0.39 is 0 Å². The predicted octanol–water partition coefficient (Wildman–Crippen LogP) is 1.66. The molecular weight excluding hydrogens is 152 g/mol. The van der Waals surface area contributed by atoms with Crippen LogP contribution in [0.4, 0.5) is 0 Å². The third-order valence-corrected chi connectivity index (χ3v) is 1.36. The normalized spacial score (nSPS) is 11.7. The molecule has 68 valence electrons. The Labute approximate surface area is 73.8 Å². The van der Waals surface area contributed by atoms with E-state index in [1.54, 1.807) is 13.2 Å². The zero-order valence-corrected chi connectivity index (χ0v) is 8.16. The van der Waals surface area contributed by atoms with Gasteiger partial charge >= 0.3 is 0 Å². The summed E-state index contributed by atoms with van der Waals surface area (Å²) in [5.74, 6) is 0.0578. The van der Waals surface area contributed by atoms with Gasteiger partial charge in [-0.15, -0.1) is 0 Å². The molecule has 12 heavy (non-hydrogen) atoms. The quantitative estimate of drug-likeness (QED) is 0.577. The molecule has 0 saturated heterocycles. The van der Waals surface area contributed by atoms with Crippen LogP contribution < -0.4 is 0 Å². The van der Waals surface area contributed by atoms with Crippen molar-refractivity contribution < 1.29 is 4.79 Å². The van der Waals surface area contributed by atoms with Gasteiger partial charge in [0.25, 0.3) is 0 Å². The highest BCUT2D eigenvalue weighted by Crippen LogP contribution is 2.16. The van der Waals surface area contributed by atoms with Crippen molar-refractivity contribution in [2.24, 2.45) is 10.4 Å². The Kier molecular flexibility index (Phi) is 3.67. The third-order valence-electron chi connectivity index (χ3n) is 1.36. The second kappa shape index (κ2) is 4.04. The summed E-state index contributed by atoms with van der Waals surface area (Å²) in [7, 11) is 1.70. The van der Waals surface area contributed by atoms with Gasteiger partial charge in [-0.3, -0.25) is 9.79 Å². The van der Waals surface area contributed by atoms with Crippen molar-refractivity contribution in [2.75, 3.05) is 7.05 Å². The first-order valence-electron chi connectivity index (χ1n) is 3.79. The molecule has 0 fully saturated rings. The van der Waals surface area contributed by atoms with Crippen LogP contribution in [-0.2, 0) is 4.79 Å². The Morgan fingerprint density at radius 3 is 2.33 bits per heavy atom. The average Bonchev–Trinajstić information content (AvgIpc) is 1.97. The Morgan fingerprint density at radius 2 is 2.00 bits per heavy atom. The zero-order valence-electron chi connectivity index (χ0n) is 8.16. The molecule has 0 N–H and O–H groups in total. The van der Waals surface area contributed by atoms with Crippen molar-refractivity contribution in [3.05, 3.63) is 12.4 Å². The largest absolute Gasteiger partial charge is 0.320 e. The second-order valence-electron chi connectivity index (χ2n) is 3.65. The smallest absolute Gasteiger partial charge is 0.231 e. The van der Waals surface area contributed by atoms with E-state index in [4.69, 9.17) is 0 Å². The summed E-state index contributed by atoms with van der Waals surface area (Å²) in [6.45, 7) is 8.91. The van der Waals surface area contributed by atoms with Crippen molar-refractivity contribution >= 4 is 12.6 Å². The highest BCUT2D eigenvalue weighted by Gasteiger charge is 2.23. The number of rotatable bonds is 2. The molecule has 0 aliphatic heterocycles. The fourth-order valence-electron chi connectivity index (χ4n) is 0.744. The zero-order chi connectivity index (χ0) is 9.78. The van der Waals surface area contributed by atoms with Crippen LogP contribution in [0.3, 0.4) is 0 Å². The molecule has 0 aromatic rings. The lowest BCUT2D eigenvalue weighted by Crippen LogP contribution is -2.32. The number of carbonyl (C=O) groups is 1. The monoisotopic (exact) mass is 168 g/mol. The van der Waals surface area contributed by atoms with Crippen molar-refractivity contribution in [3.8, 4) is 0 Å². The molecule has 0 aliphatic rings. The summed E-state index contributed by atoms with van der Waals surface area (Å²) in [6.07, 6.45) is 3.09. The molecule has 0 rings (SSSR count). The fourth-order valence-corrected chi connectivity index (χ4v) is 0.744. The molecular formula is C9H16N2O. The molecule has 0 bridgehead atoms. The van der Waals surface area contributed by atoms with Gasteiger partial charge in [0, 0.05) is 24.9 Å². The lowest BCUT2D eigenvalue weighted by atomic mass is 9.95. The maximum absolute atomic E-state index is 11.5. The molecule has 0 saturated carbocycles. The fraction of sp³-hybridized carbons (Fsp3) is 0.556. The molecule has 0 spiro atoms. The third kappa shape index (κ3) is 3.32. The first kappa shape index (κ1) is 10.9. The maximum Gasteiger partial charge on any atom is 0.231 e. The van der Waals surface area contributed by atoms with E-state index in [9.17, 15) is 4.79 Å². The number of aliphatic imine (C=N–C) groups is 1. The SMILES string of the molecule is C=N/C=C\N(C)C(=O)C(C)(C)C. The van der Waals surface area contributed by atoms with E-state index in [0.717, 1.165) is 0 Å². The van der Waals surface area contributed by atoms with Gasteiger partial charge in [-0.25, -0.2) is 0 Å². The molecule has 0 aromatic carbocycles. The molecule has 0 unspecified atom stereocenters. The van der Waals surface area contributed by atoms with Gasteiger partial charge in [-0.1, -0.05) is 20.8 Å². The highest BCUT2D eigenvalue weighted by molar-refractivity contribution is 5.82. The number of hydrogen-bond donors (Lipinski definition) is 0. The molecule has 3 nitrogen and oxygen atoms in total. The van der Waals surface area contributed by atoms with Crippen molar-refractivity contribution in [2.45, 2.75) is 20.8 Å². The summed E-state index contributed by atoms with van der Waals surface area (Å²) in [5.41, 5.74) is -0.347. The molecule has 1 amide bonds. The van der Waals surface area contributed by atoms with E-state index in [1.165, 1.54) is 11.1 Å². The topological polar surface area (TPSA) is 32.7 Å². The molecule has 0 aromatic heterocycles. The van der Waals surface area contributed by atoms with Crippen LogP contribution in [-0.4, -0.2) is 24.6 Å². The first-order valence-corrected chi connectivity index (χ1v) is 3.79. The van der Waals surface area contributed by atoms with E-state index in [2.05, 4.69) is 11.7 Å². The first-order chi connectivity index (χ1) is 5.39. The Hall–Kier alpha value is -1.12. The van der Waals surface area contributed by atoms with Crippen LogP contribution in [0.15, 0.2) is 17.4 Å². The van der Waals surface area contributed by atoms with Crippen molar-refractivity contribution in [1.82, 2.24) is 4.90 Å². The van der Waals surface area contributed by atoms with Gasteiger partial charge in [-0.2, -0.15) is 0 Å². The van der Waals surface area contributed by atoms with E-state index in [-0.39, 0.29) is 11.3 Å². The number of amides is 1. The minimum absolute atomic E-state index is 0.0578. The number of hydrogen-bond acceptors (Lipinski definition) is 2. The number of carbonyl (C=O) groups excluding carboxylic acids is 1. The molecule has 0 aliphatic carbocycles. The van der Waals surface area contributed by atoms with Crippen molar-refractivity contribution in [3.63, 3.8) is 0 Å². The standard InChI is InChI=1S/C9H16N2O/c1-9(2,3)8(12)11(5)7-6-10-4/h6-7H,4H2,1-3,5H3/b7-6-. The predicted molar refractivity (Wildman–Crippen MR) is 50.9 cm³/mol. The highest BCUT2D eigenvalue weighted by atomic mass is 16.2. The summed E-state index contributed by atoms with van der Waals surface area (Å²) in [4.78, 5) is 16.5. The summed E-state index contributed by atoms with van der Waals surface area (Å²) in [6, 6.07) is 0. The molecule has 0 radical (unpaired) electrons. The molecule has 0 atom stereocenters. The maximum atomic E-state index is 11.5. The van der Waals surface area contributed by atoms with Gasteiger partial charge in [0.2, 0.25) is 5.91 Å². The van der Waals surface area contributed by atoms with Gasteiger partial charge in [0.05, 0.1) is 0 Å². The Balaban J connectivity index is 4.30. The summed E-state index contributed by atoms with van der Waals surface area (Å²) < 4.78 is 0. The van der Waals surface area contributed by atoms with Crippen molar-refractivity contribution in [1.29, 1.82) is 0 Å². The number of nitrogens with zero attached hydrogens (tertiary/aromatic N) is 2. The summed E-state index contributed by atoms with van der Waals surface area (Å²) in [5, 5.41) is 0. The van der Waals surface area contributed by atoms with Crippen LogP contribution in [0.25, 0.3) is 0 Å². The van der Waals surface area contributed by atoms with Gasteiger partial charge in [0.1, 0.15) is 0 Å². The van der Waals surface area contributed by atoms with Gasteiger partial charge < -0.3 is 4.90 Å². The van der Waals surface area contributed by atoms with Crippen LogP contribution in [0, 0.1) is 5.41 Å².